The Balaban J connectivity index is 1.66. The zero-order chi connectivity index (χ0) is 18.3. The number of nitrogens with zero attached hydrogens (tertiary/aromatic N) is 2. The first-order chi connectivity index (χ1) is 12.6. The molecule has 0 unspecified atom stereocenters. The minimum absolute atomic E-state index is 0.0713. The highest BCUT2D eigenvalue weighted by Gasteiger charge is 2.30. The molecule has 4 rings (SSSR count). The van der Waals surface area contributed by atoms with Crippen LogP contribution in [0.15, 0.2) is 29.3 Å². The third-order valence-electron chi connectivity index (χ3n) is 5.07. The fourth-order valence-corrected chi connectivity index (χ4v) is 4.39. The van der Waals surface area contributed by atoms with E-state index in [-0.39, 0.29) is 11.9 Å². The molecule has 1 N–H and O–H groups in total. The van der Waals surface area contributed by atoms with Gasteiger partial charge in [-0.2, -0.15) is 5.26 Å². The van der Waals surface area contributed by atoms with Crippen LogP contribution in [0.3, 0.4) is 0 Å². The molecule has 26 heavy (non-hydrogen) atoms. The largest absolute Gasteiger partial charge is 0.345 e. The van der Waals surface area contributed by atoms with Crippen molar-refractivity contribution in [3.05, 3.63) is 57.2 Å². The number of thioether (sulfide) groups is 1. The maximum Gasteiger partial charge on any atom is 0.253 e. The van der Waals surface area contributed by atoms with Crippen LogP contribution in [0, 0.1) is 11.3 Å². The average molecular weight is 384 g/mol. The van der Waals surface area contributed by atoms with E-state index in [2.05, 4.69) is 16.4 Å². The molecule has 0 bridgehead atoms. The summed E-state index contributed by atoms with van der Waals surface area (Å²) in [5.74, 6) is 0.213. The van der Waals surface area contributed by atoms with Crippen molar-refractivity contribution in [1.29, 1.82) is 5.26 Å². The van der Waals surface area contributed by atoms with Gasteiger partial charge in [-0.3, -0.25) is 4.79 Å². The molecule has 2 aromatic rings. The standard InChI is InChI=1S/C20H18ClN3OS/c1-26-20-15(10-22)14(9-18(24-20)11-5-6-11)19(25)23-17-8-7-12-13(17)3-2-4-16(12)21/h2-4,9,11,17H,5-8H2,1H3,(H,23,25)/t17-/m0/s1. The summed E-state index contributed by atoms with van der Waals surface area (Å²) < 4.78 is 0. The van der Waals surface area contributed by atoms with Crippen molar-refractivity contribution in [3.8, 4) is 6.07 Å². The summed E-state index contributed by atoms with van der Waals surface area (Å²) in [6.07, 6.45) is 5.76. The van der Waals surface area contributed by atoms with E-state index in [1.807, 2.05) is 24.5 Å². The molecule has 1 amide bonds. The second-order valence-corrected chi connectivity index (χ2v) is 7.94. The van der Waals surface area contributed by atoms with Crippen molar-refractivity contribution in [3.63, 3.8) is 0 Å². The monoisotopic (exact) mass is 383 g/mol. The number of pyridine rings is 1. The maximum atomic E-state index is 13.0. The van der Waals surface area contributed by atoms with Gasteiger partial charge in [-0.25, -0.2) is 4.98 Å². The molecule has 0 radical (unpaired) electrons. The number of fused-ring (bicyclic) bond motifs is 1. The molecule has 1 saturated carbocycles. The van der Waals surface area contributed by atoms with Gasteiger partial charge in [0.1, 0.15) is 11.1 Å². The van der Waals surface area contributed by atoms with Gasteiger partial charge in [0, 0.05) is 16.6 Å². The molecule has 0 spiro atoms. The molecule has 1 aromatic carbocycles. The Morgan fingerprint density at radius 1 is 1.38 bits per heavy atom. The Hall–Kier alpha value is -2.03. The van der Waals surface area contributed by atoms with Gasteiger partial charge in [-0.1, -0.05) is 23.7 Å². The lowest BCUT2D eigenvalue weighted by molar-refractivity contribution is 0.0936. The van der Waals surface area contributed by atoms with Crippen LogP contribution in [0.1, 0.15) is 64.0 Å². The van der Waals surface area contributed by atoms with E-state index < -0.39 is 0 Å². The maximum absolute atomic E-state index is 13.0. The number of nitriles is 1. The topological polar surface area (TPSA) is 65.8 Å². The van der Waals surface area contributed by atoms with Gasteiger partial charge in [-0.05, 0) is 55.2 Å². The third-order valence-corrected chi connectivity index (χ3v) is 6.11. The quantitative estimate of drug-likeness (QED) is 0.782. The third kappa shape index (κ3) is 3.08. The highest BCUT2D eigenvalue weighted by Crippen LogP contribution is 2.41. The minimum Gasteiger partial charge on any atom is -0.345 e. The molecule has 132 valence electrons. The lowest BCUT2D eigenvalue weighted by Gasteiger charge is -2.16. The van der Waals surface area contributed by atoms with Crippen LogP contribution in [0.4, 0.5) is 0 Å². The SMILES string of the molecule is CSc1nc(C2CC2)cc(C(=O)N[C@H]2CCc3c(Cl)cccc32)c1C#N. The first-order valence-corrected chi connectivity index (χ1v) is 10.3. The molecule has 1 heterocycles. The van der Waals surface area contributed by atoms with Crippen LogP contribution in [-0.4, -0.2) is 17.1 Å². The summed E-state index contributed by atoms with van der Waals surface area (Å²) in [6, 6.07) is 9.71. The van der Waals surface area contributed by atoms with E-state index in [0.717, 1.165) is 47.5 Å². The predicted molar refractivity (Wildman–Crippen MR) is 103 cm³/mol. The normalized spacial score (nSPS) is 18.3. The first kappa shape index (κ1) is 17.4. The molecular formula is C20H18ClN3OS. The number of halogens is 1. The Morgan fingerprint density at radius 2 is 2.19 bits per heavy atom. The van der Waals surface area contributed by atoms with E-state index in [4.69, 9.17) is 11.6 Å². The number of amides is 1. The first-order valence-electron chi connectivity index (χ1n) is 8.69. The van der Waals surface area contributed by atoms with E-state index in [9.17, 15) is 10.1 Å². The number of carbonyl (C=O) groups is 1. The summed E-state index contributed by atoms with van der Waals surface area (Å²) in [6.45, 7) is 0. The fraction of sp³-hybridized carbons (Fsp3) is 0.350. The number of rotatable bonds is 4. The molecular weight excluding hydrogens is 366 g/mol. The number of aromatic nitrogens is 1. The molecule has 4 nitrogen and oxygen atoms in total. The van der Waals surface area contributed by atoms with Gasteiger partial charge in [0.05, 0.1) is 17.2 Å². The summed E-state index contributed by atoms with van der Waals surface area (Å²) in [5, 5.41) is 14.1. The Bertz CT molecular complexity index is 933. The van der Waals surface area contributed by atoms with Gasteiger partial charge < -0.3 is 5.32 Å². The highest BCUT2D eigenvalue weighted by atomic mass is 35.5. The number of carbonyl (C=O) groups excluding carboxylic acids is 1. The number of nitrogens with one attached hydrogen (secondary N) is 1. The van der Waals surface area contributed by atoms with Crippen LogP contribution in [0.25, 0.3) is 0 Å². The lowest BCUT2D eigenvalue weighted by atomic mass is 10.0. The number of benzene rings is 1. The summed E-state index contributed by atoms with van der Waals surface area (Å²) in [4.78, 5) is 17.6. The lowest BCUT2D eigenvalue weighted by Crippen LogP contribution is -2.28. The van der Waals surface area contributed by atoms with Crippen molar-refractivity contribution in [2.24, 2.45) is 0 Å². The number of hydrogen-bond acceptors (Lipinski definition) is 4. The van der Waals surface area contributed by atoms with Crippen molar-refractivity contribution in [1.82, 2.24) is 10.3 Å². The van der Waals surface area contributed by atoms with Crippen LogP contribution in [-0.2, 0) is 6.42 Å². The van der Waals surface area contributed by atoms with Crippen molar-refractivity contribution in [2.45, 2.75) is 42.7 Å². The van der Waals surface area contributed by atoms with Crippen molar-refractivity contribution >= 4 is 29.3 Å². The number of hydrogen-bond donors (Lipinski definition) is 1. The molecule has 0 aliphatic heterocycles. The molecule has 2 aliphatic rings. The van der Waals surface area contributed by atoms with Gasteiger partial charge >= 0.3 is 0 Å². The Labute approximate surface area is 162 Å². The summed E-state index contributed by atoms with van der Waals surface area (Å²) in [5.41, 5.74) is 3.91. The predicted octanol–water partition coefficient (Wildman–Crippen LogP) is 4.62. The van der Waals surface area contributed by atoms with Crippen LogP contribution in [0.5, 0.6) is 0 Å². The smallest absolute Gasteiger partial charge is 0.253 e. The molecule has 1 aromatic heterocycles. The molecule has 1 atom stereocenters. The van der Waals surface area contributed by atoms with E-state index in [1.165, 1.54) is 11.8 Å². The zero-order valence-corrected chi connectivity index (χ0v) is 16.0. The Morgan fingerprint density at radius 3 is 2.88 bits per heavy atom. The van der Waals surface area contributed by atoms with Gasteiger partial charge in [0.2, 0.25) is 0 Å². The van der Waals surface area contributed by atoms with Gasteiger partial charge in [-0.15, -0.1) is 11.8 Å². The molecule has 0 saturated heterocycles. The van der Waals surface area contributed by atoms with Crippen LogP contribution in [0.2, 0.25) is 5.02 Å². The second-order valence-electron chi connectivity index (χ2n) is 6.74. The summed E-state index contributed by atoms with van der Waals surface area (Å²) >= 11 is 7.68. The van der Waals surface area contributed by atoms with E-state index in [0.29, 0.717) is 22.1 Å². The molecule has 6 heteroatoms. The van der Waals surface area contributed by atoms with Crippen LogP contribution < -0.4 is 5.32 Å². The second kappa shape index (κ2) is 6.94. The van der Waals surface area contributed by atoms with Crippen molar-refractivity contribution < 1.29 is 4.79 Å². The van der Waals surface area contributed by atoms with Crippen LogP contribution >= 0.6 is 23.4 Å². The minimum atomic E-state index is -0.209. The highest BCUT2D eigenvalue weighted by molar-refractivity contribution is 7.98. The van der Waals surface area contributed by atoms with E-state index in [1.54, 1.807) is 6.07 Å². The molecule has 2 aliphatic carbocycles. The van der Waals surface area contributed by atoms with Gasteiger partial charge in [0.15, 0.2) is 0 Å². The zero-order valence-electron chi connectivity index (χ0n) is 14.4. The fourth-order valence-electron chi connectivity index (χ4n) is 3.56. The summed E-state index contributed by atoms with van der Waals surface area (Å²) in [7, 11) is 0. The van der Waals surface area contributed by atoms with Gasteiger partial charge in [0.25, 0.3) is 5.91 Å². The average Bonchev–Trinajstić information content (AvgIpc) is 3.43. The molecule has 1 fully saturated rings. The Kier molecular flexibility index (Phi) is 4.64. The van der Waals surface area contributed by atoms with E-state index >= 15 is 0 Å². The van der Waals surface area contributed by atoms with Crippen molar-refractivity contribution in [2.75, 3.05) is 6.26 Å².